The number of amides is 1. The van der Waals surface area contributed by atoms with Gasteiger partial charge in [-0.25, -0.2) is 0 Å². The number of likely N-dealkylation sites (tertiary alicyclic amines) is 1. The van der Waals surface area contributed by atoms with Crippen molar-refractivity contribution in [3.05, 3.63) is 0 Å². The fourth-order valence-electron chi connectivity index (χ4n) is 2.48. The van der Waals surface area contributed by atoms with Gasteiger partial charge in [-0.05, 0) is 32.1 Å². The number of hydrogen-bond acceptors (Lipinski definition) is 4. The minimum absolute atomic E-state index is 0.0148. The van der Waals surface area contributed by atoms with Gasteiger partial charge in [-0.3, -0.25) is 9.59 Å². The van der Waals surface area contributed by atoms with Crippen LogP contribution in [0.4, 0.5) is 0 Å². The molecule has 1 aliphatic heterocycles. The van der Waals surface area contributed by atoms with Gasteiger partial charge in [0.05, 0.1) is 19.1 Å². The molecule has 102 valence electrons. The highest BCUT2D eigenvalue weighted by Crippen LogP contribution is 2.27. The molecule has 0 spiro atoms. The summed E-state index contributed by atoms with van der Waals surface area (Å²) in [7, 11) is 1.43. The number of esters is 1. The second-order valence-electron chi connectivity index (χ2n) is 5.04. The minimum atomic E-state index is -0.120. The fraction of sp³-hybridized carbons (Fsp3) is 0.846. The van der Waals surface area contributed by atoms with Crippen LogP contribution in [0, 0.1) is 5.92 Å². The molecule has 2 rings (SSSR count). The van der Waals surface area contributed by atoms with Crippen molar-refractivity contribution in [3.63, 3.8) is 0 Å². The number of carbonyl (C=O) groups excluding carboxylic acids is 2. The maximum Gasteiger partial charge on any atom is 0.308 e. The van der Waals surface area contributed by atoms with E-state index in [1.807, 2.05) is 4.90 Å². The van der Waals surface area contributed by atoms with Gasteiger partial charge in [0.1, 0.15) is 6.61 Å². The van der Waals surface area contributed by atoms with Crippen LogP contribution in [0.2, 0.25) is 0 Å². The Balaban J connectivity index is 1.64. The van der Waals surface area contributed by atoms with Crippen molar-refractivity contribution in [1.82, 2.24) is 4.90 Å². The van der Waals surface area contributed by atoms with Gasteiger partial charge in [-0.2, -0.15) is 0 Å². The molecule has 2 aliphatic rings. The molecule has 5 heteroatoms. The van der Waals surface area contributed by atoms with Gasteiger partial charge >= 0.3 is 5.97 Å². The second kappa shape index (κ2) is 6.18. The average molecular weight is 255 g/mol. The van der Waals surface area contributed by atoms with Crippen LogP contribution in [0.15, 0.2) is 0 Å². The molecule has 1 saturated heterocycles. The Bertz CT molecular complexity index is 306. The number of methoxy groups -OCH3 is 1. The molecular weight excluding hydrogens is 234 g/mol. The predicted octanol–water partition coefficient (Wildman–Crippen LogP) is 0.967. The topological polar surface area (TPSA) is 55.8 Å². The Morgan fingerprint density at radius 3 is 2.33 bits per heavy atom. The standard InChI is InChI=1S/C13H21NO4/c1-17-13(16)10-3-5-11(6-4-10)18-9-12(15)14-7-2-8-14/h10-11H,2-9H2,1H3. The zero-order valence-corrected chi connectivity index (χ0v) is 10.9. The molecule has 1 amide bonds. The molecule has 1 heterocycles. The first-order chi connectivity index (χ1) is 8.70. The second-order valence-corrected chi connectivity index (χ2v) is 5.04. The van der Waals surface area contributed by atoms with E-state index < -0.39 is 0 Å². The first kappa shape index (κ1) is 13.3. The molecule has 18 heavy (non-hydrogen) atoms. The van der Waals surface area contributed by atoms with Crippen molar-refractivity contribution < 1.29 is 19.1 Å². The summed E-state index contributed by atoms with van der Waals surface area (Å²) in [4.78, 5) is 24.8. The molecule has 5 nitrogen and oxygen atoms in total. The van der Waals surface area contributed by atoms with Gasteiger partial charge in [0.25, 0.3) is 0 Å². The Kier molecular flexibility index (Phi) is 4.58. The number of hydrogen-bond donors (Lipinski definition) is 0. The molecule has 2 fully saturated rings. The lowest BCUT2D eigenvalue weighted by Gasteiger charge is -2.32. The summed E-state index contributed by atoms with van der Waals surface area (Å²) in [5.41, 5.74) is 0. The summed E-state index contributed by atoms with van der Waals surface area (Å²) in [6, 6.07) is 0. The highest BCUT2D eigenvalue weighted by molar-refractivity contribution is 5.78. The summed E-state index contributed by atoms with van der Waals surface area (Å²) in [6.07, 6.45) is 4.51. The number of carbonyl (C=O) groups is 2. The van der Waals surface area contributed by atoms with E-state index in [0.717, 1.165) is 45.2 Å². The van der Waals surface area contributed by atoms with E-state index in [0.29, 0.717) is 0 Å². The zero-order chi connectivity index (χ0) is 13.0. The number of nitrogens with zero attached hydrogens (tertiary/aromatic N) is 1. The maximum absolute atomic E-state index is 11.6. The summed E-state index contributed by atoms with van der Waals surface area (Å²) in [5, 5.41) is 0. The van der Waals surface area contributed by atoms with Gasteiger partial charge in [0.2, 0.25) is 5.91 Å². The van der Waals surface area contributed by atoms with Crippen LogP contribution < -0.4 is 0 Å². The van der Waals surface area contributed by atoms with Gasteiger partial charge in [0, 0.05) is 13.1 Å². The molecule has 0 aromatic heterocycles. The normalized spacial score (nSPS) is 27.5. The summed E-state index contributed by atoms with van der Waals surface area (Å²) in [6.45, 7) is 1.93. The first-order valence-corrected chi connectivity index (χ1v) is 6.68. The van der Waals surface area contributed by atoms with Crippen LogP contribution in [0.3, 0.4) is 0 Å². The Morgan fingerprint density at radius 1 is 1.17 bits per heavy atom. The molecule has 0 aromatic carbocycles. The third kappa shape index (κ3) is 3.22. The van der Waals surface area contributed by atoms with Crippen molar-refractivity contribution in [2.45, 2.75) is 38.2 Å². The molecule has 0 atom stereocenters. The lowest BCUT2D eigenvalue weighted by molar-refractivity contribution is -0.149. The highest BCUT2D eigenvalue weighted by atomic mass is 16.5. The van der Waals surface area contributed by atoms with Crippen molar-refractivity contribution in [3.8, 4) is 0 Å². The van der Waals surface area contributed by atoms with Crippen molar-refractivity contribution in [2.24, 2.45) is 5.92 Å². The predicted molar refractivity (Wildman–Crippen MR) is 64.9 cm³/mol. The van der Waals surface area contributed by atoms with Crippen LogP contribution in [0.5, 0.6) is 0 Å². The quantitative estimate of drug-likeness (QED) is 0.702. The van der Waals surface area contributed by atoms with E-state index in [4.69, 9.17) is 9.47 Å². The van der Waals surface area contributed by atoms with Crippen LogP contribution in [0.25, 0.3) is 0 Å². The lowest BCUT2D eigenvalue weighted by Crippen LogP contribution is -2.44. The largest absolute Gasteiger partial charge is 0.469 e. The van der Waals surface area contributed by atoms with Crippen LogP contribution in [0.1, 0.15) is 32.1 Å². The molecule has 0 aromatic rings. The third-order valence-electron chi connectivity index (χ3n) is 3.86. The van der Waals surface area contributed by atoms with E-state index in [-0.39, 0.29) is 30.5 Å². The molecule has 1 aliphatic carbocycles. The molecular formula is C13H21NO4. The monoisotopic (exact) mass is 255 g/mol. The van der Waals surface area contributed by atoms with Crippen molar-refractivity contribution >= 4 is 11.9 Å². The fourth-order valence-corrected chi connectivity index (χ4v) is 2.48. The Labute approximate surface area is 107 Å². The summed E-state index contributed by atoms with van der Waals surface area (Å²) < 4.78 is 10.4. The van der Waals surface area contributed by atoms with Crippen LogP contribution in [-0.2, 0) is 19.1 Å². The lowest BCUT2D eigenvalue weighted by atomic mass is 9.87. The highest BCUT2D eigenvalue weighted by Gasteiger charge is 2.28. The first-order valence-electron chi connectivity index (χ1n) is 6.68. The number of ether oxygens (including phenoxy) is 2. The van der Waals surface area contributed by atoms with Crippen molar-refractivity contribution in [1.29, 1.82) is 0 Å². The average Bonchev–Trinajstić information content (AvgIpc) is 2.34. The van der Waals surface area contributed by atoms with E-state index >= 15 is 0 Å². The van der Waals surface area contributed by atoms with E-state index in [9.17, 15) is 9.59 Å². The zero-order valence-electron chi connectivity index (χ0n) is 10.9. The molecule has 1 saturated carbocycles. The smallest absolute Gasteiger partial charge is 0.308 e. The van der Waals surface area contributed by atoms with Gasteiger partial charge in [-0.1, -0.05) is 0 Å². The van der Waals surface area contributed by atoms with Crippen LogP contribution >= 0.6 is 0 Å². The SMILES string of the molecule is COC(=O)C1CCC(OCC(=O)N2CCC2)CC1. The van der Waals surface area contributed by atoms with Gasteiger partial charge in [0.15, 0.2) is 0 Å². The summed E-state index contributed by atoms with van der Waals surface area (Å²) in [5.74, 6) is -0.0117. The summed E-state index contributed by atoms with van der Waals surface area (Å²) >= 11 is 0. The van der Waals surface area contributed by atoms with Gasteiger partial charge in [-0.15, -0.1) is 0 Å². The van der Waals surface area contributed by atoms with E-state index in [2.05, 4.69) is 0 Å². The molecule has 0 radical (unpaired) electrons. The molecule has 0 N–H and O–H groups in total. The van der Waals surface area contributed by atoms with Gasteiger partial charge < -0.3 is 14.4 Å². The molecule has 0 unspecified atom stereocenters. The molecule has 0 bridgehead atoms. The number of rotatable bonds is 4. The Morgan fingerprint density at radius 2 is 1.83 bits per heavy atom. The minimum Gasteiger partial charge on any atom is -0.469 e. The third-order valence-corrected chi connectivity index (χ3v) is 3.86. The van der Waals surface area contributed by atoms with Crippen LogP contribution in [-0.4, -0.2) is 49.7 Å². The maximum atomic E-state index is 11.6. The van der Waals surface area contributed by atoms with E-state index in [1.54, 1.807) is 0 Å². The van der Waals surface area contributed by atoms with E-state index in [1.165, 1.54) is 7.11 Å². The Hall–Kier alpha value is -1.10. The van der Waals surface area contributed by atoms with Crippen molar-refractivity contribution in [2.75, 3.05) is 26.8 Å².